The Balaban J connectivity index is 1.83. The van der Waals surface area contributed by atoms with Crippen LogP contribution in [-0.4, -0.2) is 23.4 Å². The normalized spacial score (nSPS) is 15.3. The maximum atomic E-state index is 6.01. The van der Waals surface area contributed by atoms with Crippen LogP contribution >= 0.6 is 0 Å². The van der Waals surface area contributed by atoms with Gasteiger partial charge in [-0.05, 0) is 43.9 Å². The standard InChI is InChI=1S/C15H19N3O3/c1-19-13-8-10(15-17-14(9-16)21-18-15)6-7-12(13)20-11-4-2-3-5-11/h6-8,11H,2-5,9,16H2,1H3. The van der Waals surface area contributed by atoms with Crippen LogP contribution in [-0.2, 0) is 6.54 Å². The Morgan fingerprint density at radius 2 is 2.10 bits per heavy atom. The third-order valence-corrected chi connectivity index (χ3v) is 3.66. The molecule has 6 heteroatoms. The maximum absolute atomic E-state index is 6.01. The molecule has 0 bridgehead atoms. The van der Waals surface area contributed by atoms with E-state index in [0.29, 0.717) is 23.6 Å². The molecule has 3 rings (SSSR count). The van der Waals surface area contributed by atoms with E-state index in [1.165, 1.54) is 12.8 Å². The molecule has 0 spiro atoms. The quantitative estimate of drug-likeness (QED) is 0.910. The van der Waals surface area contributed by atoms with Crippen LogP contribution in [0.25, 0.3) is 11.4 Å². The Hall–Kier alpha value is -2.08. The van der Waals surface area contributed by atoms with Crippen molar-refractivity contribution in [2.45, 2.75) is 38.3 Å². The van der Waals surface area contributed by atoms with Gasteiger partial charge >= 0.3 is 0 Å². The summed E-state index contributed by atoms with van der Waals surface area (Å²) in [7, 11) is 1.63. The highest BCUT2D eigenvalue weighted by Gasteiger charge is 2.19. The maximum Gasteiger partial charge on any atom is 0.240 e. The summed E-state index contributed by atoms with van der Waals surface area (Å²) in [5.41, 5.74) is 6.29. The highest BCUT2D eigenvalue weighted by atomic mass is 16.5. The minimum Gasteiger partial charge on any atom is -0.493 e. The van der Waals surface area contributed by atoms with Crippen molar-refractivity contribution >= 4 is 0 Å². The van der Waals surface area contributed by atoms with Crippen LogP contribution < -0.4 is 15.2 Å². The molecule has 0 amide bonds. The van der Waals surface area contributed by atoms with Crippen LogP contribution in [0.15, 0.2) is 22.7 Å². The third kappa shape index (κ3) is 3.00. The first-order chi connectivity index (χ1) is 10.3. The lowest BCUT2D eigenvalue weighted by Gasteiger charge is -2.16. The van der Waals surface area contributed by atoms with Crippen LogP contribution in [0.1, 0.15) is 31.6 Å². The number of methoxy groups -OCH3 is 1. The fourth-order valence-electron chi connectivity index (χ4n) is 2.54. The smallest absolute Gasteiger partial charge is 0.240 e. The van der Waals surface area contributed by atoms with Gasteiger partial charge in [0, 0.05) is 5.56 Å². The van der Waals surface area contributed by atoms with Crippen molar-refractivity contribution in [3.8, 4) is 22.9 Å². The number of aromatic nitrogens is 2. The van der Waals surface area contributed by atoms with E-state index in [-0.39, 0.29) is 6.54 Å². The molecule has 6 nitrogen and oxygen atoms in total. The SMILES string of the molecule is COc1cc(-c2noc(CN)n2)ccc1OC1CCCC1. The fourth-order valence-corrected chi connectivity index (χ4v) is 2.54. The van der Waals surface area contributed by atoms with E-state index in [2.05, 4.69) is 10.1 Å². The summed E-state index contributed by atoms with van der Waals surface area (Å²) in [4.78, 5) is 4.21. The average Bonchev–Trinajstić information content (AvgIpc) is 3.18. The Bertz CT molecular complexity index is 606. The minimum atomic E-state index is 0.229. The monoisotopic (exact) mass is 289 g/mol. The van der Waals surface area contributed by atoms with Gasteiger partial charge in [0.25, 0.3) is 0 Å². The van der Waals surface area contributed by atoms with Crippen molar-refractivity contribution in [2.75, 3.05) is 7.11 Å². The second-order valence-corrected chi connectivity index (χ2v) is 5.11. The second kappa shape index (κ2) is 6.13. The Labute approximate surface area is 123 Å². The molecule has 1 aliphatic carbocycles. The Morgan fingerprint density at radius 1 is 1.29 bits per heavy atom. The van der Waals surface area contributed by atoms with E-state index in [0.717, 1.165) is 24.2 Å². The molecular formula is C15H19N3O3. The highest BCUT2D eigenvalue weighted by Crippen LogP contribution is 2.34. The predicted octanol–water partition coefficient (Wildman–Crippen LogP) is 2.53. The van der Waals surface area contributed by atoms with E-state index < -0.39 is 0 Å². The van der Waals surface area contributed by atoms with Crippen molar-refractivity contribution in [3.63, 3.8) is 0 Å². The zero-order valence-electron chi connectivity index (χ0n) is 12.0. The Kier molecular flexibility index (Phi) is 4.06. The highest BCUT2D eigenvalue weighted by molar-refractivity contribution is 5.60. The van der Waals surface area contributed by atoms with E-state index in [4.69, 9.17) is 19.7 Å². The molecule has 1 heterocycles. The van der Waals surface area contributed by atoms with Crippen molar-refractivity contribution in [1.29, 1.82) is 0 Å². The van der Waals surface area contributed by atoms with Gasteiger partial charge in [-0.25, -0.2) is 0 Å². The van der Waals surface area contributed by atoms with Gasteiger partial charge in [-0.15, -0.1) is 0 Å². The molecule has 21 heavy (non-hydrogen) atoms. The number of hydrogen-bond donors (Lipinski definition) is 1. The topological polar surface area (TPSA) is 83.4 Å². The molecule has 0 atom stereocenters. The van der Waals surface area contributed by atoms with Gasteiger partial charge in [0.2, 0.25) is 11.7 Å². The molecule has 0 saturated heterocycles. The van der Waals surface area contributed by atoms with Gasteiger partial charge in [0.05, 0.1) is 19.8 Å². The molecule has 1 saturated carbocycles. The molecule has 2 aromatic rings. The van der Waals surface area contributed by atoms with E-state index in [1.807, 2.05) is 18.2 Å². The van der Waals surface area contributed by atoms with E-state index >= 15 is 0 Å². The molecule has 0 unspecified atom stereocenters. The van der Waals surface area contributed by atoms with Gasteiger partial charge in [-0.1, -0.05) is 5.16 Å². The lowest BCUT2D eigenvalue weighted by atomic mass is 10.2. The molecule has 112 valence electrons. The van der Waals surface area contributed by atoms with Gasteiger partial charge < -0.3 is 19.7 Å². The summed E-state index contributed by atoms with van der Waals surface area (Å²) in [5.74, 6) is 2.35. The Morgan fingerprint density at radius 3 is 2.76 bits per heavy atom. The first-order valence-electron chi connectivity index (χ1n) is 7.18. The number of nitrogens with two attached hydrogens (primary N) is 1. The summed E-state index contributed by atoms with van der Waals surface area (Å²) >= 11 is 0. The summed E-state index contributed by atoms with van der Waals surface area (Å²) in [6, 6.07) is 5.65. The van der Waals surface area contributed by atoms with Crippen LogP contribution in [0.5, 0.6) is 11.5 Å². The van der Waals surface area contributed by atoms with Crippen molar-refractivity contribution in [2.24, 2.45) is 5.73 Å². The molecule has 1 fully saturated rings. The average molecular weight is 289 g/mol. The molecule has 1 aromatic heterocycles. The van der Waals surface area contributed by atoms with Crippen molar-refractivity contribution in [1.82, 2.24) is 10.1 Å². The fraction of sp³-hybridized carbons (Fsp3) is 0.467. The van der Waals surface area contributed by atoms with E-state index in [1.54, 1.807) is 7.11 Å². The second-order valence-electron chi connectivity index (χ2n) is 5.11. The van der Waals surface area contributed by atoms with Crippen LogP contribution in [0.2, 0.25) is 0 Å². The largest absolute Gasteiger partial charge is 0.493 e. The molecule has 2 N–H and O–H groups in total. The third-order valence-electron chi connectivity index (χ3n) is 3.66. The van der Waals surface area contributed by atoms with Crippen LogP contribution in [0.4, 0.5) is 0 Å². The van der Waals surface area contributed by atoms with Crippen molar-refractivity contribution < 1.29 is 14.0 Å². The number of nitrogens with zero attached hydrogens (tertiary/aromatic N) is 2. The summed E-state index contributed by atoms with van der Waals surface area (Å²) in [5, 5.41) is 3.90. The number of ether oxygens (including phenoxy) is 2. The first-order valence-corrected chi connectivity index (χ1v) is 7.18. The zero-order valence-corrected chi connectivity index (χ0v) is 12.0. The van der Waals surface area contributed by atoms with Gasteiger partial charge in [0.1, 0.15) is 0 Å². The summed E-state index contributed by atoms with van der Waals surface area (Å²) < 4.78 is 16.4. The van der Waals surface area contributed by atoms with Crippen LogP contribution in [0.3, 0.4) is 0 Å². The van der Waals surface area contributed by atoms with Gasteiger partial charge in [-0.3, -0.25) is 0 Å². The van der Waals surface area contributed by atoms with Crippen molar-refractivity contribution in [3.05, 3.63) is 24.1 Å². The summed E-state index contributed by atoms with van der Waals surface area (Å²) in [6.45, 7) is 0.229. The number of hydrogen-bond acceptors (Lipinski definition) is 6. The van der Waals surface area contributed by atoms with Gasteiger partial charge in [-0.2, -0.15) is 4.98 Å². The number of benzene rings is 1. The van der Waals surface area contributed by atoms with E-state index in [9.17, 15) is 0 Å². The zero-order chi connectivity index (χ0) is 14.7. The van der Waals surface area contributed by atoms with Gasteiger partial charge in [0.15, 0.2) is 11.5 Å². The number of rotatable bonds is 5. The predicted molar refractivity (Wildman–Crippen MR) is 77.1 cm³/mol. The lowest BCUT2D eigenvalue weighted by Crippen LogP contribution is -2.11. The first kappa shape index (κ1) is 13.9. The molecule has 1 aliphatic rings. The molecule has 0 radical (unpaired) electrons. The molecule has 1 aromatic carbocycles. The van der Waals surface area contributed by atoms with Crippen LogP contribution in [0, 0.1) is 0 Å². The summed E-state index contributed by atoms with van der Waals surface area (Å²) in [6.07, 6.45) is 4.97. The lowest BCUT2D eigenvalue weighted by molar-refractivity contribution is 0.201. The molecule has 0 aliphatic heterocycles. The molecular weight excluding hydrogens is 270 g/mol. The minimum absolute atomic E-state index is 0.229.